The van der Waals surface area contributed by atoms with Gasteiger partial charge in [-0.3, -0.25) is 4.79 Å². The summed E-state index contributed by atoms with van der Waals surface area (Å²) in [5.41, 5.74) is 2.39. The molecule has 5 nitrogen and oxygen atoms in total. The van der Waals surface area contributed by atoms with E-state index in [1.165, 1.54) is 5.56 Å². The first kappa shape index (κ1) is 19.5. The number of anilines is 1. The minimum atomic E-state index is -0.366. The van der Waals surface area contributed by atoms with E-state index in [1.54, 1.807) is 31.2 Å². The number of esters is 1. The van der Waals surface area contributed by atoms with Gasteiger partial charge in [0.1, 0.15) is 5.75 Å². The summed E-state index contributed by atoms with van der Waals surface area (Å²) < 4.78 is 10.6. The van der Waals surface area contributed by atoms with E-state index in [2.05, 4.69) is 12.2 Å². The van der Waals surface area contributed by atoms with Gasteiger partial charge in [-0.05, 0) is 61.7 Å². The van der Waals surface area contributed by atoms with Crippen LogP contribution in [0.1, 0.15) is 42.6 Å². The molecule has 0 aliphatic heterocycles. The number of nitrogens with one attached hydrogen (secondary N) is 1. The molecule has 0 unspecified atom stereocenters. The molecule has 0 saturated carbocycles. The minimum Gasteiger partial charge on any atom is -0.494 e. The molecule has 26 heavy (non-hydrogen) atoms. The zero-order valence-corrected chi connectivity index (χ0v) is 15.3. The van der Waals surface area contributed by atoms with Crippen LogP contribution in [0.4, 0.5) is 5.69 Å². The topological polar surface area (TPSA) is 64.6 Å². The third-order valence-electron chi connectivity index (χ3n) is 3.83. The van der Waals surface area contributed by atoms with Crippen LogP contribution in [-0.2, 0) is 16.0 Å². The lowest BCUT2D eigenvalue weighted by molar-refractivity contribution is -0.116. The highest BCUT2D eigenvalue weighted by atomic mass is 16.5. The van der Waals surface area contributed by atoms with Crippen molar-refractivity contribution in [2.24, 2.45) is 0 Å². The Morgan fingerprint density at radius 1 is 0.962 bits per heavy atom. The fourth-order valence-corrected chi connectivity index (χ4v) is 2.37. The van der Waals surface area contributed by atoms with Crippen LogP contribution in [0, 0.1) is 0 Å². The molecule has 0 spiro atoms. The molecule has 0 aliphatic carbocycles. The molecular formula is C21H25NO4. The third-order valence-corrected chi connectivity index (χ3v) is 3.83. The molecule has 0 atom stereocenters. The van der Waals surface area contributed by atoms with Gasteiger partial charge in [-0.15, -0.1) is 0 Å². The van der Waals surface area contributed by atoms with Gasteiger partial charge >= 0.3 is 5.97 Å². The molecular weight excluding hydrogens is 330 g/mol. The van der Waals surface area contributed by atoms with Crippen molar-refractivity contribution < 1.29 is 19.1 Å². The zero-order valence-electron chi connectivity index (χ0n) is 15.3. The van der Waals surface area contributed by atoms with E-state index >= 15 is 0 Å². The van der Waals surface area contributed by atoms with Gasteiger partial charge in [0.2, 0.25) is 5.91 Å². The quantitative estimate of drug-likeness (QED) is 0.540. The van der Waals surface area contributed by atoms with E-state index < -0.39 is 0 Å². The molecule has 2 aromatic rings. The van der Waals surface area contributed by atoms with E-state index in [0.717, 1.165) is 12.2 Å². The largest absolute Gasteiger partial charge is 0.494 e. The van der Waals surface area contributed by atoms with Crippen LogP contribution in [-0.4, -0.2) is 25.1 Å². The van der Waals surface area contributed by atoms with Crippen LogP contribution in [0.15, 0.2) is 48.5 Å². The molecule has 2 aromatic carbocycles. The van der Waals surface area contributed by atoms with Crippen LogP contribution >= 0.6 is 0 Å². The van der Waals surface area contributed by atoms with Gasteiger partial charge in [-0.2, -0.15) is 0 Å². The van der Waals surface area contributed by atoms with E-state index in [4.69, 9.17) is 9.47 Å². The van der Waals surface area contributed by atoms with Crippen molar-refractivity contribution in [2.75, 3.05) is 18.5 Å². The van der Waals surface area contributed by atoms with Crippen LogP contribution in [0.5, 0.6) is 5.75 Å². The lowest BCUT2D eigenvalue weighted by Crippen LogP contribution is -2.13. The number of carbonyl (C=O) groups is 2. The molecule has 0 radical (unpaired) electrons. The summed E-state index contributed by atoms with van der Waals surface area (Å²) in [5, 5.41) is 2.81. The maximum Gasteiger partial charge on any atom is 0.338 e. The first-order chi connectivity index (χ1) is 12.6. The summed E-state index contributed by atoms with van der Waals surface area (Å²) in [5.74, 6) is 0.366. The van der Waals surface area contributed by atoms with Gasteiger partial charge in [0.15, 0.2) is 0 Å². The van der Waals surface area contributed by atoms with Gasteiger partial charge in [-0.25, -0.2) is 4.79 Å². The lowest BCUT2D eigenvalue weighted by Gasteiger charge is -2.08. The van der Waals surface area contributed by atoms with Gasteiger partial charge in [0, 0.05) is 12.1 Å². The van der Waals surface area contributed by atoms with Gasteiger partial charge in [0.05, 0.1) is 18.8 Å². The summed E-state index contributed by atoms with van der Waals surface area (Å²) in [7, 11) is 0. The van der Waals surface area contributed by atoms with Crippen molar-refractivity contribution in [1.82, 2.24) is 0 Å². The molecule has 1 N–H and O–H groups in total. The standard InChI is InChI=1S/C21H25NO4/c1-3-16-7-13-19(14-8-16)26-15-5-6-20(23)22-18-11-9-17(10-12-18)21(24)25-4-2/h7-14H,3-6,15H2,1-2H3,(H,22,23). The molecule has 0 bridgehead atoms. The second-order valence-electron chi connectivity index (χ2n) is 5.80. The first-order valence-corrected chi connectivity index (χ1v) is 8.91. The molecule has 0 aromatic heterocycles. The number of rotatable bonds is 9. The summed E-state index contributed by atoms with van der Waals surface area (Å²) in [4.78, 5) is 23.6. The minimum absolute atomic E-state index is 0.0844. The van der Waals surface area contributed by atoms with E-state index in [9.17, 15) is 9.59 Å². The average Bonchev–Trinajstić information content (AvgIpc) is 2.66. The maximum atomic E-state index is 12.0. The second kappa shape index (κ2) is 10.2. The molecule has 2 rings (SSSR count). The SMILES string of the molecule is CCOC(=O)c1ccc(NC(=O)CCCOc2ccc(CC)cc2)cc1. The van der Waals surface area contributed by atoms with Crippen molar-refractivity contribution in [1.29, 1.82) is 0 Å². The first-order valence-electron chi connectivity index (χ1n) is 8.91. The Morgan fingerprint density at radius 2 is 1.65 bits per heavy atom. The number of aryl methyl sites for hydroxylation is 1. The summed E-state index contributed by atoms with van der Waals surface area (Å²) in [6.07, 6.45) is 2.00. The Bertz CT molecular complexity index is 708. The smallest absolute Gasteiger partial charge is 0.338 e. The van der Waals surface area contributed by atoms with Crippen LogP contribution in [0.25, 0.3) is 0 Å². The summed E-state index contributed by atoms with van der Waals surface area (Å²) in [6.45, 7) is 4.69. The van der Waals surface area contributed by atoms with Crippen LogP contribution in [0.2, 0.25) is 0 Å². The number of ether oxygens (including phenoxy) is 2. The molecule has 0 heterocycles. The molecule has 138 valence electrons. The summed E-state index contributed by atoms with van der Waals surface area (Å²) in [6, 6.07) is 14.6. The molecule has 0 saturated heterocycles. The fourth-order valence-electron chi connectivity index (χ4n) is 2.37. The number of hydrogen-bond acceptors (Lipinski definition) is 4. The van der Waals surface area contributed by atoms with E-state index in [0.29, 0.717) is 37.3 Å². The van der Waals surface area contributed by atoms with E-state index in [1.807, 2.05) is 24.3 Å². The van der Waals surface area contributed by atoms with Crippen molar-refractivity contribution in [3.8, 4) is 5.75 Å². The second-order valence-corrected chi connectivity index (χ2v) is 5.80. The Balaban J connectivity index is 1.70. The molecule has 1 amide bonds. The highest BCUT2D eigenvalue weighted by molar-refractivity contribution is 5.93. The number of carbonyl (C=O) groups excluding carboxylic acids is 2. The maximum absolute atomic E-state index is 12.0. The number of benzene rings is 2. The third kappa shape index (κ3) is 6.24. The molecule has 0 aliphatic rings. The van der Waals surface area contributed by atoms with Crippen LogP contribution < -0.4 is 10.1 Å². The summed E-state index contributed by atoms with van der Waals surface area (Å²) >= 11 is 0. The fraction of sp³-hybridized carbons (Fsp3) is 0.333. The predicted molar refractivity (Wildman–Crippen MR) is 102 cm³/mol. The van der Waals surface area contributed by atoms with Gasteiger partial charge in [0.25, 0.3) is 0 Å². The van der Waals surface area contributed by atoms with Gasteiger partial charge in [-0.1, -0.05) is 19.1 Å². The Hall–Kier alpha value is -2.82. The lowest BCUT2D eigenvalue weighted by atomic mass is 10.2. The highest BCUT2D eigenvalue weighted by Gasteiger charge is 2.07. The van der Waals surface area contributed by atoms with Crippen LogP contribution in [0.3, 0.4) is 0 Å². The number of amides is 1. The Kier molecular flexibility index (Phi) is 7.68. The van der Waals surface area contributed by atoms with Crippen molar-refractivity contribution in [2.45, 2.75) is 33.1 Å². The predicted octanol–water partition coefficient (Wildman–Crippen LogP) is 4.22. The van der Waals surface area contributed by atoms with Gasteiger partial charge < -0.3 is 14.8 Å². The molecule has 5 heteroatoms. The van der Waals surface area contributed by atoms with Crippen molar-refractivity contribution in [3.63, 3.8) is 0 Å². The zero-order chi connectivity index (χ0) is 18.8. The Labute approximate surface area is 154 Å². The monoisotopic (exact) mass is 355 g/mol. The highest BCUT2D eigenvalue weighted by Crippen LogP contribution is 2.14. The number of hydrogen-bond donors (Lipinski definition) is 1. The normalized spacial score (nSPS) is 10.2. The van der Waals surface area contributed by atoms with Crippen molar-refractivity contribution in [3.05, 3.63) is 59.7 Å². The Morgan fingerprint density at radius 3 is 2.27 bits per heavy atom. The average molecular weight is 355 g/mol. The van der Waals surface area contributed by atoms with Crippen molar-refractivity contribution >= 4 is 17.6 Å². The molecule has 0 fully saturated rings. The van der Waals surface area contributed by atoms with E-state index in [-0.39, 0.29) is 11.9 Å².